The number of anilines is 4. The van der Waals surface area contributed by atoms with Crippen LogP contribution in [0.15, 0.2) is 54.6 Å². The molecule has 4 rings (SSSR count). The van der Waals surface area contributed by atoms with Gasteiger partial charge in [0.2, 0.25) is 5.95 Å². The summed E-state index contributed by atoms with van der Waals surface area (Å²) in [6.07, 6.45) is 2.24. The van der Waals surface area contributed by atoms with Gasteiger partial charge in [0.05, 0.1) is 23.8 Å². The monoisotopic (exact) mass is 442 g/mol. The average Bonchev–Trinajstić information content (AvgIpc) is 3.12. The van der Waals surface area contributed by atoms with E-state index in [1.165, 1.54) is 16.7 Å². The van der Waals surface area contributed by atoms with Gasteiger partial charge in [-0.25, -0.2) is 4.98 Å². The summed E-state index contributed by atoms with van der Waals surface area (Å²) in [6, 6.07) is 19.1. The highest BCUT2D eigenvalue weighted by atomic mass is 16.5. The van der Waals surface area contributed by atoms with Gasteiger partial charge in [-0.05, 0) is 74.7 Å². The second-order valence-electron chi connectivity index (χ2n) is 8.74. The lowest BCUT2D eigenvalue weighted by atomic mass is 10.1. The van der Waals surface area contributed by atoms with Crippen LogP contribution in [0.2, 0.25) is 0 Å². The molecular weight excluding hydrogens is 408 g/mol. The molecule has 0 atom stereocenters. The first-order chi connectivity index (χ1) is 15.9. The lowest BCUT2D eigenvalue weighted by Gasteiger charge is -2.26. The van der Waals surface area contributed by atoms with Crippen LogP contribution in [0, 0.1) is 20.8 Å². The number of benzene rings is 3. The van der Waals surface area contributed by atoms with E-state index in [1.807, 2.05) is 12.1 Å². The lowest BCUT2D eigenvalue weighted by molar-refractivity contribution is 0.415. The predicted octanol–water partition coefficient (Wildman–Crippen LogP) is 7.19. The zero-order valence-electron chi connectivity index (χ0n) is 20.6. The fourth-order valence-electron chi connectivity index (χ4n) is 4.53. The van der Waals surface area contributed by atoms with Crippen molar-refractivity contribution in [2.24, 2.45) is 7.05 Å². The molecule has 0 unspecified atom stereocenters. The van der Waals surface area contributed by atoms with E-state index in [0.29, 0.717) is 0 Å². The Labute approximate surface area is 197 Å². The smallest absolute Gasteiger partial charge is 0.208 e. The summed E-state index contributed by atoms with van der Waals surface area (Å²) in [6.45, 7) is 9.59. The van der Waals surface area contributed by atoms with Crippen molar-refractivity contribution in [3.8, 4) is 5.75 Å². The van der Waals surface area contributed by atoms with Gasteiger partial charge < -0.3 is 19.5 Å². The summed E-state index contributed by atoms with van der Waals surface area (Å²) in [7, 11) is 3.79. The van der Waals surface area contributed by atoms with Gasteiger partial charge in [-0.15, -0.1) is 0 Å². The van der Waals surface area contributed by atoms with Crippen LogP contribution in [0.5, 0.6) is 5.75 Å². The molecule has 0 bridgehead atoms. The fraction of sp³-hybridized carbons (Fsp3) is 0.321. The topological polar surface area (TPSA) is 42.3 Å². The third-order valence-corrected chi connectivity index (χ3v) is 6.20. The molecule has 0 saturated heterocycles. The Kier molecular flexibility index (Phi) is 6.59. The number of aryl methyl sites for hydroxylation is 4. The highest BCUT2D eigenvalue weighted by Crippen LogP contribution is 2.36. The Balaban J connectivity index is 1.80. The Morgan fingerprint density at radius 3 is 2.33 bits per heavy atom. The van der Waals surface area contributed by atoms with Crippen LogP contribution in [0.25, 0.3) is 11.0 Å². The SMILES string of the molecule is CCCCN(c1ccc(OC)cc1)c1cccc2nc(Nc3c(C)cc(C)cc3C)n(C)c12. The number of ether oxygens (including phenoxy) is 1. The Bertz CT molecular complexity index is 1230. The minimum absolute atomic E-state index is 0.845. The molecule has 0 fully saturated rings. The number of rotatable bonds is 8. The number of unbranched alkanes of at least 4 members (excludes halogenated alkanes) is 1. The molecule has 0 aliphatic carbocycles. The maximum atomic E-state index is 5.37. The first-order valence-corrected chi connectivity index (χ1v) is 11.6. The lowest BCUT2D eigenvalue weighted by Crippen LogP contribution is -2.19. The highest BCUT2D eigenvalue weighted by Gasteiger charge is 2.18. The number of imidazole rings is 1. The van der Waals surface area contributed by atoms with Crippen LogP contribution in [0.4, 0.5) is 23.0 Å². The van der Waals surface area contributed by atoms with Crippen LogP contribution in [0.3, 0.4) is 0 Å². The van der Waals surface area contributed by atoms with Crippen LogP contribution >= 0.6 is 0 Å². The van der Waals surface area contributed by atoms with Crippen molar-refractivity contribution >= 4 is 34.0 Å². The number of aromatic nitrogens is 2. The number of hydrogen-bond donors (Lipinski definition) is 1. The molecule has 1 aromatic heterocycles. The van der Waals surface area contributed by atoms with Crippen LogP contribution in [-0.2, 0) is 7.05 Å². The van der Waals surface area contributed by atoms with Gasteiger partial charge in [0.1, 0.15) is 5.75 Å². The number of para-hydroxylation sites is 1. The highest BCUT2D eigenvalue weighted by molar-refractivity contribution is 5.93. The summed E-state index contributed by atoms with van der Waals surface area (Å²) in [4.78, 5) is 7.35. The largest absolute Gasteiger partial charge is 0.497 e. The first-order valence-electron chi connectivity index (χ1n) is 11.6. The van der Waals surface area contributed by atoms with Gasteiger partial charge in [0.25, 0.3) is 0 Å². The molecule has 0 spiro atoms. The summed E-state index contributed by atoms with van der Waals surface area (Å²) in [5.41, 5.74) is 9.26. The van der Waals surface area contributed by atoms with E-state index in [2.05, 4.69) is 92.0 Å². The molecule has 5 nitrogen and oxygen atoms in total. The number of hydrogen-bond acceptors (Lipinski definition) is 4. The third kappa shape index (κ3) is 4.54. The maximum Gasteiger partial charge on any atom is 0.208 e. The molecule has 1 N–H and O–H groups in total. The second-order valence-corrected chi connectivity index (χ2v) is 8.74. The summed E-state index contributed by atoms with van der Waals surface area (Å²) < 4.78 is 7.54. The molecule has 5 heteroatoms. The second kappa shape index (κ2) is 9.57. The van der Waals surface area contributed by atoms with Gasteiger partial charge in [0, 0.05) is 25.0 Å². The Morgan fingerprint density at radius 2 is 1.70 bits per heavy atom. The normalized spacial score (nSPS) is 11.1. The standard InChI is InChI=1S/C28H34N4O/c1-7-8-16-32(22-12-14-23(33-6)15-13-22)25-11-9-10-24-27(25)31(5)28(29-24)30-26-20(3)17-19(2)18-21(26)4/h9-15,17-18H,7-8,16H2,1-6H3,(H,29,30). The van der Waals surface area contributed by atoms with Gasteiger partial charge in [-0.1, -0.05) is 37.1 Å². The van der Waals surface area contributed by atoms with Gasteiger partial charge in [-0.2, -0.15) is 0 Å². The van der Waals surface area contributed by atoms with Crippen LogP contribution in [-0.4, -0.2) is 23.2 Å². The quantitative estimate of drug-likeness (QED) is 0.314. The van der Waals surface area contributed by atoms with E-state index in [-0.39, 0.29) is 0 Å². The molecule has 3 aromatic carbocycles. The van der Waals surface area contributed by atoms with Gasteiger partial charge in [0.15, 0.2) is 0 Å². The zero-order chi connectivity index (χ0) is 23.5. The van der Waals surface area contributed by atoms with E-state index in [9.17, 15) is 0 Å². The number of nitrogens with zero attached hydrogens (tertiary/aromatic N) is 3. The van der Waals surface area contributed by atoms with E-state index in [1.54, 1.807) is 7.11 Å². The molecule has 0 aliphatic rings. The molecule has 0 aliphatic heterocycles. The van der Waals surface area contributed by atoms with Gasteiger partial charge in [-0.3, -0.25) is 0 Å². The molecule has 0 amide bonds. The molecule has 172 valence electrons. The van der Waals surface area contributed by atoms with E-state index < -0.39 is 0 Å². The molecule has 1 heterocycles. The minimum atomic E-state index is 0.845. The maximum absolute atomic E-state index is 5.37. The summed E-state index contributed by atoms with van der Waals surface area (Å²) in [5, 5.41) is 3.61. The summed E-state index contributed by atoms with van der Waals surface area (Å²) in [5.74, 6) is 1.71. The van der Waals surface area contributed by atoms with Crippen molar-refractivity contribution in [2.75, 3.05) is 23.9 Å². The van der Waals surface area contributed by atoms with Crippen molar-refractivity contribution in [2.45, 2.75) is 40.5 Å². The van der Waals surface area contributed by atoms with Gasteiger partial charge >= 0.3 is 0 Å². The molecule has 0 radical (unpaired) electrons. The number of methoxy groups -OCH3 is 1. The molecular formula is C28H34N4O. The third-order valence-electron chi connectivity index (χ3n) is 6.20. The van der Waals surface area contributed by atoms with Crippen molar-refractivity contribution in [1.82, 2.24) is 9.55 Å². The van der Waals surface area contributed by atoms with E-state index in [0.717, 1.165) is 59.2 Å². The minimum Gasteiger partial charge on any atom is -0.497 e. The summed E-state index contributed by atoms with van der Waals surface area (Å²) >= 11 is 0. The van der Waals surface area contributed by atoms with Crippen molar-refractivity contribution in [3.05, 3.63) is 71.3 Å². The van der Waals surface area contributed by atoms with Crippen LogP contribution in [0.1, 0.15) is 36.5 Å². The van der Waals surface area contributed by atoms with Crippen LogP contribution < -0.4 is 15.0 Å². The Hall–Kier alpha value is -3.47. The zero-order valence-corrected chi connectivity index (χ0v) is 20.6. The molecule has 33 heavy (non-hydrogen) atoms. The predicted molar refractivity (Wildman–Crippen MR) is 140 cm³/mol. The van der Waals surface area contributed by atoms with E-state index in [4.69, 9.17) is 9.72 Å². The van der Waals surface area contributed by atoms with Crippen molar-refractivity contribution < 1.29 is 4.74 Å². The van der Waals surface area contributed by atoms with Crippen molar-refractivity contribution in [3.63, 3.8) is 0 Å². The fourth-order valence-corrected chi connectivity index (χ4v) is 4.53. The number of fused-ring (bicyclic) bond motifs is 1. The first kappa shape index (κ1) is 22.7. The average molecular weight is 443 g/mol. The number of nitrogens with one attached hydrogen (secondary N) is 1. The molecule has 4 aromatic rings. The molecule has 0 saturated carbocycles. The van der Waals surface area contributed by atoms with E-state index >= 15 is 0 Å². The Morgan fingerprint density at radius 1 is 1.00 bits per heavy atom. The van der Waals surface area contributed by atoms with Crippen molar-refractivity contribution in [1.29, 1.82) is 0 Å².